The highest BCUT2D eigenvalue weighted by molar-refractivity contribution is 7.88. The summed E-state index contributed by atoms with van der Waals surface area (Å²) in [5, 5.41) is 5.83. The molecule has 0 atom stereocenters. The zero-order chi connectivity index (χ0) is 17.0. The molecule has 128 valence electrons. The number of nitrogens with one attached hydrogen (secondary N) is 2. The van der Waals surface area contributed by atoms with Crippen LogP contribution in [0.4, 0.5) is 10.5 Å². The summed E-state index contributed by atoms with van der Waals surface area (Å²) in [6.45, 7) is 5.07. The van der Waals surface area contributed by atoms with E-state index in [0.717, 1.165) is 11.3 Å². The van der Waals surface area contributed by atoms with Gasteiger partial charge in [0.1, 0.15) is 0 Å². The minimum atomic E-state index is -3.14. The zero-order valence-electron chi connectivity index (χ0n) is 13.9. The highest BCUT2D eigenvalue weighted by Crippen LogP contribution is 2.23. The Hall–Kier alpha value is -1.60. The average molecular weight is 339 g/mol. The molecule has 0 saturated carbocycles. The van der Waals surface area contributed by atoms with Crippen molar-refractivity contribution in [1.29, 1.82) is 0 Å². The Morgan fingerprint density at radius 2 is 1.83 bits per heavy atom. The Labute approximate surface area is 138 Å². The van der Waals surface area contributed by atoms with E-state index in [0.29, 0.717) is 31.8 Å². The second kappa shape index (κ2) is 7.31. The minimum Gasteiger partial charge on any atom is -0.335 e. The molecule has 0 bridgehead atoms. The van der Waals surface area contributed by atoms with Crippen molar-refractivity contribution in [3.05, 3.63) is 29.8 Å². The van der Waals surface area contributed by atoms with Gasteiger partial charge in [-0.1, -0.05) is 32.0 Å². The van der Waals surface area contributed by atoms with Gasteiger partial charge >= 0.3 is 6.03 Å². The van der Waals surface area contributed by atoms with Gasteiger partial charge in [-0.25, -0.2) is 17.5 Å². The van der Waals surface area contributed by atoms with E-state index in [1.165, 1.54) is 10.6 Å². The molecule has 0 spiro atoms. The normalized spacial score (nSPS) is 17.2. The quantitative estimate of drug-likeness (QED) is 0.884. The fourth-order valence-electron chi connectivity index (χ4n) is 2.79. The van der Waals surface area contributed by atoms with Crippen molar-refractivity contribution in [2.75, 3.05) is 24.7 Å². The van der Waals surface area contributed by atoms with E-state index < -0.39 is 10.0 Å². The molecule has 0 aliphatic carbocycles. The topological polar surface area (TPSA) is 78.5 Å². The Morgan fingerprint density at radius 3 is 2.39 bits per heavy atom. The fourth-order valence-corrected chi connectivity index (χ4v) is 3.66. The first kappa shape index (κ1) is 17.7. The van der Waals surface area contributed by atoms with Gasteiger partial charge in [-0.05, 0) is 30.4 Å². The van der Waals surface area contributed by atoms with Crippen molar-refractivity contribution < 1.29 is 13.2 Å². The maximum atomic E-state index is 12.2. The first-order valence-corrected chi connectivity index (χ1v) is 9.73. The van der Waals surface area contributed by atoms with Crippen molar-refractivity contribution >= 4 is 21.7 Å². The highest BCUT2D eigenvalue weighted by atomic mass is 32.2. The molecule has 2 amide bonds. The van der Waals surface area contributed by atoms with Crippen molar-refractivity contribution in [2.24, 2.45) is 0 Å². The van der Waals surface area contributed by atoms with Gasteiger partial charge < -0.3 is 10.6 Å². The Kier molecular flexibility index (Phi) is 5.64. The maximum absolute atomic E-state index is 12.2. The SMILES string of the molecule is CC(C)c1ccccc1NC(=O)NC1CCN(S(C)(=O)=O)CC1. The molecule has 1 saturated heterocycles. The van der Waals surface area contributed by atoms with Gasteiger partial charge in [0.2, 0.25) is 10.0 Å². The largest absolute Gasteiger partial charge is 0.335 e. The van der Waals surface area contributed by atoms with Crippen LogP contribution in [0.15, 0.2) is 24.3 Å². The van der Waals surface area contributed by atoms with E-state index in [-0.39, 0.29) is 12.1 Å². The number of carbonyl (C=O) groups is 1. The number of nitrogens with zero attached hydrogens (tertiary/aromatic N) is 1. The van der Waals surface area contributed by atoms with Gasteiger partial charge in [0.15, 0.2) is 0 Å². The number of carbonyl (C=O) groups excluding carboxylic acids is 1. The molecule has 7 heteroatoms. The fraction of sp³-hybridized carbons (Fsp3) is 0.562. The smallest absolute Gasteiger partial charge is 0.319 e. The summed E-state index contributed by atoms with van der Waals surface area (Å²) in [7, 11) is -3.14. The molecule has 1 aromatic carbocycles. The van der Waals surface area contributed by atoms with Crippen LogP contribution < -0.4 is 10.6 Å². The van der Waals surface area contributed by atoms with E-state index in [2.05, 4.69) is 24.5 Å². The summed E-state index contributed by atoms with van der Waals surface area (Å²) in [5.74, 6) is 0.324. The molecular formula is C16H25N3O3S. The minimum absolute atomic E-state index is 0.000729. The highest BCUT2D eigenvalue weighted by Gasteiger charge is 2.25. The van der Waals surface area contributed by atoms with E-state index in [1.807, 2.05) is 24.3 Å². The van der Waals surface area contributed by atoms with Gasteiger partial charge in [0, 0.05) is 24.8 Å². The number of piperidine rings is 1. The van der Waals surface area contributed by atoms with Gasteiger partial charge in [-0.3, -0.25) is 0 Å². The molecule has 1 aliphatic heterocycles. The molecule has 6 nitrogen and oxygen atoms in total. The molecule has 1 aromatic rings. The van der Waals surface area contributed by atoms with Crippen molar-refractivity contribution in [2.45, 2.75) is 38.6 Å². The van der Waals surface area contributed by atoms with Crippen LogP contribution in [0, 0.1) is 0 Å². The predicted octanol–water partition coefficient (Wildman–Crippen LogP) is 2.36. The number of anilines is 1. The van der Waals surface area contributed by atoms with Crippen LogP contribution >= 0.6 is 0 Å². The second-order valence-corrected chi connectivity index (χ2v) is 8.26. The van der Waals surface area contributed by atoms with Crippen molar-refractivity contribution in [3.63, 3.8) is 0 Å². The van der Waals surface area contributed by atoms with Gasteiger partial charge in [-0.15, -0.1) is 0 Å². The van der Waals surface area contributed by atoms with E-state index in [4.69, 9.17) is 0 Å². The summed E-state index contributed by atoms with van der Waals surface area (Å²) in [4.78, 5) is 12.2. The number of urea groups is 1. The van der Waals surface area contributed by atoms with E-state index in [1.54, 1.807) is 0 Å². The van der Waals surface area contributed by atoms with Gasteiger partial charge in [0.25, 0.3) is 0 Å². The summed E-state index contributed by atoms with van der Waals surface area (Å²) in [6.07, 6.45) is 2.48. The molecule has 0 radical (unpaired) electrons. The number of amides is 2. The molecule has 1 aliphatic rings. The molecule has 1 heterocycles. The van der Waals surface area contributed by atoms with Crippen LogP contribution in [0.1, 0.15) is 38.2 Å². The molecule has 2 rings (SSSR count). The molecule has 0 unspecified atom stereocenters. The third-order valence-corrected chi connectivity index (χ3v) is 5.39. The van der Waals surface area contributed by atoms with E-state index in [9.17, 15) is 13.2 Å². The van der Waals surface area contributed by atoms with Crippen LogP contribution in [0.5, 0.6) is 0 Å². The standard InChI is InChI=1S/C16H25N3O3S/c1-12(2)14-6-4-5-7-15(14)18-16(20)17-13-8-10-19(11-9-13)23(3,21)22/h4-7,12-13H,8-11H2,1-3H3,(H2,17,18,20). The number of benzene rings is 1. The predicted molar refractivity (Wildman–Crippen MR) is 92.1 cm³/mol. The number of hydrogen-bond donors (Lipinski definition) is 2. The molecule has 23 heavy (non-hydrogen) atoms. The first-order chi connectivity index (χ1) is 10.8. The third kappa shape index (κ3) is 4.94. The van der Waals surface area contributed by atoms with E-state index >= 15 is 0 Å². The maximum Gasteiger partial charge on any atom is 0.319 e. The lowest BCUT2D eigenvalue weighted by Gasteiger charge is -2.30. The van der Waals surface area contributed by atoms with Crippen molar-refractivity contribution in [3.8, 4) is 0 Å². The summed E-state index contributed by atoms with van der Waals surface area (Å²) in [6, 6.07) is 7.51. The summed E-state index contributed by atoms with van der Waals surface area (Å²) >= 11 is 0. The Balaban J connectivity index is 1.89. The summed E-state index contributed by atoms with van der Waals surface area (Å²) < 4.78 is 24.4. The second-order valence-electron chi connectivity index (χ2n) is 6.28. The number of hydrogen-bond acceptors (Lipinski definition) is 3. The lowest BCUT2D eigenvalue weighted by atomic mass is 10.0. The average Bonchev–Trinajstić information content (AvgIpc) is 2.47. The first-order valence-electron chi connectivity index (χ1n) is 7.89. The Morgan fingerprint density at radius 1 is 1.22 bits per heavy atom. The number of rotatable bonds is 4. The molecular weight excluding hydrogens is 314 g/mol. The number of sulfonamides is 1. The van der Waals surface area contributed by atoms with Crippen LogP contribution in [0.25, 0.3) is 0 Å². The molecule has 0 aromatic heterocycles. The monoisotopic (exact) mass is 339 g/mol. The van der Waals surface area contributed by atoms with Gasteiger partial charge in [-0.2, -0.15) is 0 Å². The lowest BCUT2D eigenvalue weighted by Crippen LogP contribution is -2.47. The van der Waals surface area contributed by atoms with Crippen molar-refractivity contribution in [1.82, 2.24) is 9.62 Å². The molecule has 2 N–H and O–H groups in total. The van der Waals surface area contributed by atoms with Crippen LogP contribution in [0.2, 0.25) is 0 Å². The van der Waals surface area contributed by atoms with Crippen LogP contribution in [-0.4, -0.2) is 44.1 Å². The summed E-state index contributed by atoms with van der Waals surface area (Å²) in [5.41, 5.74) is 1.91. The lowest BCUT2D eigenvalue weighted by molar-refractivity contribution is 0.238. The van der Waals surface area contributed by atoms with Crippen LogP contribution in [0.3, 0.4) is 0 Å². The Bertz CT molecular complexity index is 650. The van der Waals surface area contributed by atoms with Crippen LogP contribution in [-0.2, 0) is 10.0 Å². The third-order valence-electron chi connectivity index (χ3n) is 4.09. The van der Waals surface area contributed by atoms with Gasteiger partial charge in [0.05, 0.1) is 6.26 Å². The molecule has 1 fully saturated rings. The zero-order valence-corrected chi connectivity index (χ0v) is 14.7. The number of para-hydroxylation sites is 1.